The lowest BCUT2D eigenvalue weighted by Gasteiger charge is -2.21. The number of carbonyl (C=O) groups is 1. The molecule has 1 rings (SSSR count). The highest BCUT2D eigenvalue weighted by Crippen LogP contribution is 2.10. The molecule has 0 aromatic carbocycles. The molecule has 1 N–H and O–H groups in total. The summed E-state index contributed by atoms with van der Waals surface area (Å²) in [6.07, 6.45) is 5.36. The van der Waals surface area contributed by atoms with E-state index in [-0.39, 0.29) is 5.91 Å². The van der Waals surface area contributed by atoms with Crippen LogP contribution in [-0.4, -0.2) is 35.4 Å². The molecule has 0 saturated heterocycles. The topological polar surface area (TPSA) is 45.2 Å². The van der Waals surface area contributed by atoms with Crippen molar-refractivity contribution in [1.82, 2.24) is 9.88 Å². The predicted molar refractivity (Wildman–Crippen MR) is 79.4 cm³/mol. The molecule has 19 heavy (non-hydrogen) atoms. The van der Waals surface area contributed by atoms with Crippen LogP contribution in [0.3, 0.4) is 0 Å². The van der Waals surface area contributed by atoms with Crippen LogP contribution >= 0.6 is 0 Å². The van der Waals surface area contributed by atoms with Gasteiger partial charge in [-0.15, -0.1) is 6.58 Å². The van der Waals surface area contributed by atoms with Crippen molar-refractivity contribution in [3.05, 3.63) is 36.5 Å². The van der Waals surface area contributed by atoms with E-state index in [0.717, 1.165) is 25.9 Å². The summed E-state index contributed by atoms with van der Waals surface area (Å²) >= 11 is 0. The van der Waals surface area contributed by atoms with E-state index in [1.807, 2.05) is 4.90 Å². The summed E-state index contributed by atoms with van der Waals surface area (Å²) in [4.78, 5) is 18.5. The molecule has 0 saturated carbocycles. The molecule has 1 amide bonds. The zero-order valence-electron chi connectivity index (χ0n) is 11.9. The maximum atomic E-state index is 12.4. The number of amides is 1. The van der Waals surface area contributed by atoms with Crippen LogP contribution in [0.1, 0.15) is 37.0 Å². The molecule has 4 nitrogen and oxygen atoms in total. The number of rotatable bonds is 8. The molecule has 1 aromatic rings. The Bertz CT molecular complexity index is 412. The minimum Gasteiger partial charge on any atom is -0.367 e. The molecule has 4 heteroatoms. The number of nitrogens with zero attached hydrogens (tertiary/aromatic N) is 2. The van der Waals surface area contributed by atoms with Crippen molar-refractivity contribution in [2.24, 2.45) is 0 Å². The van der Waals surface area contributed by atoms with Gasteiger partial charge in [0.1, 0.15) is 5.82 Å². The van der Waals surface area contributed by atoms with Crippen molar-refractivity contribution in [2.45, 2.75) is 26.7 Å². The van der Waals surface area contributed by atoms with Gasteiger partial charge in [0, 0.05) is 31.4 Å². The smallest absolute Gasteiger partial charge is 0.254 e. The van der Waals surface area contributed by atoms with Gasteiger partial charge in [0.25, 0.3) is 5.91 Å². The molecule has 0 fully saturated rings. The van der Waals surface area contributed by atoms with Gasteiger partial charge in [-0.2, -0.15) is 0 Å². The third-order valence-electron chi connectivity index (χ3n) is 2.71. The SMILES string of the molecule is C=CCNc1cc(C(=O)N(CCC)CCC)ccn1. The van der Waals surface area contributed by atoms with Gasteiger partial charge in [0.2, 0.25) is 0 Å². The lowest BCUT2D eigenvalue weighted by molar-refractivity contribution is 0.0755. The number of carbonyl (C=O) groups excluding carboxylic acids is 1. The quantitative estimate of drug-likeness (QED) is 0.732. The molecule has 0 unspecified atom stereocenters. The second kappa shape index (κ2) is 8.29. The van der Waals surface area contributed by atoms with Crippen molar-refractivity contribution in [3.63, 3.8) is 0 Å². The fourth-order valence-electron chi connectivity index (χ4n) is 1.87. The molecule has 0 aliphatic carbocycles. The Morgan fingerprint density at radius 1 is 1.42 bits per heavy atom. The van der Waals surface area contributed by atoms with Crippen molar-refractivity contribution >= 4 is 11.7 Å². The molecule has 1 heterocycles. The summed E-state index contributed by atoms with van der Waals surface area (Å²) in [6.45, 7) is 10.0. The van der Waals surface area contributed by atoms with Gasteiger partial charge < -0.3 is 10.2 Å². The third kappa shape index (κ3) is 4.73. The average Bonchev–Trinajstić information content (AvgIpc) is 2.44. The number of hydrogen-bond donors (Lipinski definition) is 1. The number of anilines is 1. The molecule has 0 radical (unpaired) electrons. The van der Waals surface area contributed by atoms with Gasteiger partial charge in [0.05, 0.1) is 0 Å². The van der Waals surface area contributed by atoms with Crippen LogP contribution in [0, 0.1) is 0 Å². The number of aromatic nitrogens is 1. The van der Waals surface area contributed by atoms with Crippen molar-refractivity contribution in [2.75, 3.05) is 25.0 Å². The van der Waals surface area contributed by atoms with Crippen LogP contribution in [0.15, 0.2) is 31.0 Å². The summed E-state index contributed by atoms with van der Waals surface area (Å²) in [5.41, 5.74) is 0.684. The summed E-state index contributed by atoms with van der Waals surface area (Å²) in [5.74, 6) is 0.784. The lowest BCUT2D eigenvalue weighted by Crippen LogP contribution is -2.32. The highest BCUT2D eigenvalue weighted by atomic mass is 16.2. The number of pyridine rings is 1. The highest BCUT2D eigenvalue weighted by molar-refractivity contribution is 5.94. The van der Waals surface area contributed by atoms with E-state index in [1.165, 1.54) is 0 Å². The minimum atomic E-state index is 0.0766. The Hall–Kier alpha value is -1.84. The van der Waals surface area contributed by atoms with Crippen LogP contribution < -0.4 is 5.32 Å². The van der Waals surface area contributed by atoms with Gasteiger partial charge in [-0.1, -0.05) is 19.9 Å². The van der Waals surface area contributed by atoms with Crippen LogP contribution in [0.25, 0.3) is 0 Å². The van der Waals surface area contributed by atoms with Crippen LogP contribution in [-0.2, 0) is 0 Å². The molecule has 0 bridgehead atoms. The van der Waals surface area contributed by atoms with Crippen molar-refractivity contribution < 1.29 is 4.79 Å². The van der Waals surface area contributed by atoms with E-state index in [0.29, 0.717) is 17.9 Å². The molecular formula is C15H23N3O. The maximum absolute atomic E-state index is 12.4. The lowest BCUT2D eigenvalue weighted by atomic mass is 10.2. The first-order valence-corrected chi connectivity index (χ1v) is 6.83. The van der Waals surface area contributed by atoms with Gasteiger partial charge in [-0.25, -0.2) is 4.98 Å². The standard InChI is InChI=1S/C15H23N3O/c1-4-8-16-14-12-13(7-9-17-14)15(19)18(10-5-2)11-6-3/h4,7,9,12H,1,5-6,8,10-11H2,2-3H3,(H,16,17). The van der Waals surface area contributed by atoms with Crippen LogP contribution in [0.5, 0.6) is 0 Å². The third-order valence-corrected chi connectivity index (χ3v) is 2.71. The van der Waals surface area contributed by atoms with Gasteiger partial charge in [-0.3, -0.25) is 4.79 Å². The largest absolute Gasteiger partial charge is 0.367 e. The first-order chi connectivity index (χ1) is 9.22. The normalized spacial score (nSPS) is 10.0. The molecular weight excluding hydrogens is 238 g/mol. The zero-order valence-corrected chi connectivity index (χ0v) is 11.9. The fraction of sp³-hybridized carbons (Fsp3) is 0.467. The Kier molecular flexibility index (Phi) is 6.64. The predicted octanol–water partition coefficient (Wildman–Crippen LogP) is 2.94. The Morgan fingerprint density at radius 2 is 2.11 bits per heavy atom. The van der Waals surface area contributed by atoms with E-state index < -0.39 is 0 Å². The van der Waals surface area contributed by atoms with Crippen LogP contribution in [0.4, 0.5) is 5.82 Å². The number of hydrogen-bond acceptors (Lipinski definition) is 3. The fourth-order valence-corrected chi connectivity index (χ4v) is 1.87. The second-order valence-corrected chi connectivity index (χ2v) is 4.39. The Balaban J connectivity index is 2.81. The van der Waals surface area contributed by atoms with Crippen LogP contribution in [0.2, 0.25) is 0 Å². The molecule has 0 aliphatic heterocycles. The highest BCUT2D eigenvalue weighted by Gasteiger charge is 2.14. The Labute approximate surface area is 115 Å². The number of nitrogens with one attached hydrogen (secondary N) is 1. The Morgan fingerprint density at radius 3 is 2.68 bits per heavy atom. The first kappa shape index (κ1) is 15.2. The van der Waals surface area contributed by atoms with Crippen molar-refractivity contribution in [1.29, 1.82) is 0 Å². The van der Waals surface area contributed by atoms with Gasteiger partial charge >= 0.3 is 0 Å². The van der Waals surface area contributed by atoms with E-state index >= 15 is 0 Å². The first-order valence-electron chi connectivity index (χ1n) is 6.83. The molecule has 0 aliphatic rings. The molecule has 0 spiro atoms. The van der Waals surface area contributed by atoms with Gasteiger partial charge in [-0.05, 0) is 25.0 Å². The second-order valence-electron chi connectivity index (χ2n) is 4.39. The summed E-state index contributed by atoms with van der Waals surface area (Å²) in [6, 6.07) is 3.56. The van der Waals surface area contributed by atoms with E-state index in [2.05, 4.69) is 30.7 Å². The minimum absolute atomic E-state index is 0.0766. The molecule has 0 atom stereocenters. The summed E-state index contributed by atoms with van der Waals surface area (Å²) in [7, 11) is 0. The zero-order chi connectivity index (χ0) is 14.1. The molecule has 104 valence electrons. The van der Waals surface area contributed by atoms with Crippen molar-refractivity contribution in [3.8, 4) is 0 Å². The molecule has 1 aromatic heterocycles. The van der Waals surface area contributed by atoms with E-state index in [1.54, 1.807) is 24.4 Å². The maximum Gasteiger partial charge on any atom is 0.254 e. The summed E-state index contributed by atoms with van der Waals surface area (Å²) in [5, 5.41) is 3.09. The monoisotopic (exact) mass is 261 g/mol. The van der Waals surface area contributed by atoms with E-state index in [4.69, 9.17) is 0 Å². The average molecular weight is 261 g/mol. The van der Waals surface area contributed by atoms with E-state index in [9.17, 15) is 4.79 Å². The summed E-state index contributed by atoms with van der Waals surface area (Å²) < 4.78 is 0. The van der Waals surface area contributed by atoms with Gasteiger partial charge in [0.15, 0.2) is 0 Å².